The molecule has 2 unspecified atom stereocenters. The Morgan fingerprint density at radius 3 is 2.40 bits per heavy atom. The highest BCUT2D eigenvalue weighted by Crippen LogP contribution is 2.94. The van der Waals surface area contributed by atoms with Gasteiger partial charge in [-0.1, -0.05) is 40.7 Å². The lowest BCUT2D eigenvalue weighted by molar-refractivity contribution is -0.209. The molecule has 7 nitrogen and oxygen atoms in total. The number of aliphatic hydroxyl groups is 2. The van der Waals surface area contributed by atoms with Crippen molar-refractivity contribution >= 4 is 18.0 Å². The molecule has 0 aromatic rings. The molecule has 0 bridgehead atoms. The van der Waals surface area contributed by atoms with Crippen molar-refractivity contribution in [2.24, 2.45) is 56.2 Å². The molecule has 2 spiro atoms. The van der Waals surface area contributed by atoms with Gasteiger partial charge >= 0.3 is 5.97 Å². The van der Waals surface area contributed by atoms with Gasteiger partial charge in [-0.2, -0.15) is 0 Å². The standard InChI is InChI=1S/C35H53NO6/c1-10-32-13-11-23-33(20(3)35(32,33)14-12-24(38)29(32,5)6)16-15-31(9)25-19(2)17-22(28(30(7,8)40)41-21(4)37)42-26(25)27(39)34(23,31)18-36/h10,18-20,22-26,28,36,38,40H,1,11-17H2,2-9H3/t19?,20-,22+,23+,24-,25?,26-,28-,31+,32-,33-,34+,35+/m0/s1. The third-order valence-corrected chi connectivity index (χ3v) is 15.0. The van der Waals surface area contributed by atoms with E-state index >= 15 is 4.79 Å². The van der Waals surface area contributed by atoms with Crippen LogP contribution < -0.4 is 0 Å². The fourth-order valence-electron chi connectivity index (χ4n) is 13.4. The van der Waals surface area contributed by atoms with Crippen LogP contribution in [0.4, 0.5) is 0 Å². The molecular formula is C35H53NO6. The van der Waals surface area contributed by atoms with Crippen molar-refractivity contribution < 1.29 is 29.3 Å². The van der Waals surface area contributed by atoms with Gasteiger partial charge < -0.3 is 25.1 Å². The van der Waals surface area contributed by atoms with Gasteiger partial charge in [0.2, 0.25) is 0 Å². The number of nitrogens with one attached hydrogen (secondary N) is 1. The number of allylic oxidation sites excluding steroid dienone is 1. The van der Waals surface area contributed by atoms with Crippen LogP contribution in [0.3, 0.4) is 0 Å². The Morgan fingerprint density at radius 1 is 1.17 bits per heavy atom. The molecule has 1 heterocycles. The first-order valence-corrected chi connectivity index (χ1v) is 16.3. The Hall–Kier alpha value is -1.57. The van der Waals surface area contributed by atoms with Crippen LogP contribution in [0, 0.1) is 61.6 Å². The smallest absolute Gasteiger partial charge is 0.303 e. The van der Waals surface area contributed by atoms with E-state index in [4.69, 9.17) is 14.9 Å². The molecule has 6 rings (SSSR count). The van der Waals surface area contributed by atoms with Crippen LogP contribution in [-0.2, 0) is 19.1 Å². The average molecular weight is 584 g/mol. The van der Waals surface area contributed by atoms with Gasteiger partial charge in [0.25, 0.3) is 0 Å². The van der Waals surface area contributed by atoms with Crippen molar-refractivity contribution in [2.45, 2.75) is 130 Å². The van der Waals surface area contributed by atoms with Crippen molar-refractivity contribution in [3.05, 3.63) is 12.7 Å². The predicted molar refractivity (Wildman–Crippen MR) is 160 cm³/mol. The molecule has 6 aliphatic rings. The summed E-state index contributed by atoms with van der Waals surface area (Å²) in [5.41, 5.74) is -3.39. The summed E-state index contributed by atoms with van der Waals surface area (Å²) in [6.07, 6.45) is 6.88. The number of fused-ring (bicyclic) bond motifs is 4. The van der Waals surface area contributed by atoms with Gasteiger partial charge in [-0.05, 0) is 92.8 Å². The summed E-state index contributed by atoms with van der Waals surface area (Å²) in [6.45, 7) is 20.2. The number of rotatable bonds is 5. The normalized spacial score (nSPS) is 52.9. The van der Waals surface area contributed by atoms with Gasteiger partial charge in [0.15, 0.2) is 11.9 Å². The molecule has 5 saturated carbocycles. The van der Waals surface area contributed by atoms with Gasteiger partial charge in [-0.25, -0.2) is 0 Å². The quantitative estimate of drug-likeness (QED) is 0.223. The van der Waals surface area contributed by atoms with Crippen LogP contribution in [0.25, 0.3) is 0 Å². The molecule has 7 heteroatoms. The maximum absolute atomic E-state index is 15.0. The van der Waals surface area contributed by atoms with Crippen LogP contribution >= 0.6 is 0 Å². The molecule has 0 radical (unpaired) electrons. The summed E-state index contributed by atoms with van der Waals surface area (Å²) in [6, 6.07) is 0. The zero-order valence-electron chi connectivity index (χ0n) is 27.0. The number of esters is 1. The van der Waals surface area contributed by atoms with Crippen molar-refractivity contribution in [2.75, 3.05) is 0 Å². The first kappa shape index (κ1) is 30.5. The van der Waals surface area contributed by atoms with E-state index in [1.807, 2.05) is 0 Å². The van der Waals surface area contributed by atoms with Crippen LogP contribution in [0.2, 0.25) is 0 Å². The SMILES string of the molecule is C=C[C@@]12CC[C@@H]3[C@]4(CC[C@]5(C)C6C(C)C[C@H]([C@H](OC(C)=O)C(C)(C)O)O[C@@H]6C(=O)[C@@]35C=N)[C@H](C)[C@@]41CC[C@H](O)C2(C)C. The van der Waals surface area contributed by atoms with Crippen LogP contribution in [0.15, 0.2) is 12.7 Å². The molecule has 0 aromatic carbocycles. The third kappa shape index (κ3) is 3.02. The number of hydrogen-bond donors (Lipinski definition) is 3. The van der Waals surface area contributed by atoms with Crippen LogP contribution in [0.5, 0.6) is 0 Å². The first-order valence-electron chi connectivity index (χ1n) is 16.3. The van der Waals surface area contributed by atoms with Gasteiger partial charge in [0.05, 0.1) is 23.2 Å². The van der Waals surface area contributed by atoms with E-state index in [-0.39, 0.29) is 45.2 Å². The van der Waals surface area contributed by atoms with E-state index in [9.17, 15) is 15.0 Å². The van der Waals surface area contributed by atoms with Crippen molar-refractivity contribution in [3.8, 4) is 0 Å². The number of carbonyl (C=O) groups is 2. The lowest BCUT2D eigenvalue weighted by Gasteiger charge is -2.66. The largest absolute Gasteiger partial charge is 0.457 e. The number of Topliss-reactive ketones (excluding diaryl/α,β-unsaturated/α-hetero) is 1. The van der Waals surface area contributed by atoms with E-state index in [1.165, 1.54) is 13.1 Å². The summed E-state index contributed by atoms with van der Waals surface area (Å²) in [7, 11) is 0. The van der Waals surface area contributed by atoms with Gasteiger partial charge in [0.1, 0.15) is 6.10 Å². The molecule has 5 aliphatic carbocycles. The Morgan fingerprint density at radius 2 is 1.83 bits per heavy atom. The van der Waals surface area contributed by atoms with Crippen molar-refractivity contribution in [1.82, 2.24) is 0 Å². The maximum atomic E-state index is 15.0. The zero-order chi connectivity index (χ0) is 31.1. The lowest BCUT2D eigenvalue weighted by atomic mass is 9.37. The Labute approximate surface area is 251 Å². The van der Waals surface area contributed by atoms with E-state index in [0.29, 0.717) is 12.3 Å². The predicted octanol–water partition coefficient (Wildman–Crippen LogP) is 5.50. The summed E-state index contributed by atoms with van der Waals surface area (Å²) >= 11 is 0. The number of aliphatic hydroxyl groups excluding tert-OH is 1. The molecule has 3 N–H and O–H groups in total. The molecular weight excluding hydrogens is 530 g/mol. The summed E-state index contributed by atoms with van der Waals surface area (Å²) in [5.74, 6) is -0.0449. The second-order valence-corrected chi connectivity index (χ2v) is 16.6. The Kier molecular flexibility index (Phi) is 6.37. The van der Waals surface area contributed by atoms with Crippen LogP contribution in [-0.4, -0.2) is 58.2 Å². The zero-order valence-corrected chi connectivity index (χ0v) is 27.0. The summed E-state index contributed by atoms with van der Waals surface area (Å²) in [5, 5.41) is 31.3. The first-order chi connectivity index (χ1) is 19.4. The third-order valence-electron chi connectivity index (χ3n) is 15.0. The monoisotopic (exact) mass is 583 g/mol. The molecule has 0 amide bonds. The Bertz CT molecular complexity index is 1220. The molecule has 234 valence electrons. The molecule has 1 aliphatic heterocycles. The van der Waals surface area contributed by atoms with E-state index in [0.717, 1.165) is 38.5 Å². The van der Waals surface area contributed by atoms with E-state index < -0.39 is 46.8 Å². The highest BCUT2D eigenvalue weighted by molar-refractivity contribution is 6.06. The highest BCUT2D eigenvalue weighted by atomic mass is 16.6. The molecule has 6 fully saturated rings. The van der Waals surface area contributed by atoms with Crippen molar-refractivity contribution in [3.63, 3.8) is 0 Å². The number of carbonyl (C=O) groups excluding carboxylic acids is 2. The minimum absolute atomic E-state index is 0.0124. The fourth-order valence-corrected chi connectivity index (χ4v) is 13.4. The molecule has 42 heavy (non-hydrogen) atoms. The van der Waals surface area contributed by atoms with Crippen LogP contribution in [0.1, 0.15) is 100 Å². The summed E-state index contributed by atoms with van der Waals surface area (Å²) < 4.78 is 12.3. The minimum atomic E-state index is -1.34. The molecule has 0 aromatic heterocycles. The van der Waals surface area contributed by atoms with Gasteiger partial charge in [0, 0.05) is 29.9 Å². The van der Waals surface area contributed by atoms with Gasteiger partial charge in [-0.3, -0.25) is 9.59 Å². The maximum Gasteiger partial charge on any atom is 0.303 e. The topological polar surface area (TPSA) is 117 Å². The lowest BCUT2D eigenvalue weighted by Crippen LogP contribution is -2.64. The summed E-state index contributed by atoms with van der Waals surface area (Å²) in [4.78, 5) is 27.0. The van der Waals surface area contributed by atoms with E-state index in [1.54, 1.807) is 13.8 Å². The Balaban J connectivity index is 1.44. The second-order valence-electron chi connectivity index (χ2n) is 16.6. The second kappa shape index (κ2) is 8.78. The highest BCUT2D eigenvalue weighted by Gasteiger charge is 2.91. The molecule has 13 atom stereocenters. The van der Waals surface area contributed by atoms with Gasteiger partial charge in [-0.15, -0.1) is 6.58 Å². The number of ether oxygens (including phenoxy) is 2. The minimum Gasteiger partial charge on any atom is -0.457 e. The van der Waals surface area contributed by atoms with E-state index in [2.05, 4.69) is 47.3 Å². The number of ketones is 1. The van der Waals surface area contributed by atoms with Crippen molar-refractivity contribution in [1.29, 1.82) is 5.41 Å². The fraction of sp³-hybridized carbons (Fsp3) is 0.857. The number of hydrogen-bond acceptors (Lipinski definition) is 7. The molecule has 1 saturated heterocycles. The average Bonchev–Trinajstić information content (AvgIpc) is 3.37.